The third-order valence-electron chi connectivity index (χ3n) is 5.72. The average molecular weight is 362 g/mol. The summed E-state index contributed by atoms with van der Waals surface area (Å²) in [6.45, 7) is 0.769. The molecule has 3 heterocycles. The minimum absolute atomic E-state index is 0.0661. The van der Waals surface area contributed by atoms with E-state index in [2.05, 4.69) is 40.6 Å². The Morgan fingerprint density at radius 1 is 1.07 bits per heavy atom. The number of methoxy groups -OCH3 is 2. The number of hydrogen-bond donors (Lipinski definition) is 1. The molecule has 0 bridgehead atoms. The van der Waals surface area contributed by atoms with E-state index in [0.717, 1.165) is 41.3 Å². The van der Waals surface area contributed by atoms with E-state index in [4.69, 9.17) is 14.2 Å². The first-order valence-corrected chi connectivity index (χ1v) is 9.27. The predicted molar refractivity (Wildman–Crippen MR) is 104 cm³/mol. The van der Waals surface area contributed by atoms with E-state index >= 15 is 0 Å². The highest BCUT2D eigenvalue weighted by molar-refractivity contribution is 5.88. The maximum absolute atomic E-state index is 6.23. The van der Waals surface area contributed by atoms with Gasteiger partial charge in [-0.2, -0.15) is 0 Å². The fourth-order valence-electron chi connectivity index (χ4n) is 4.47. The number of fused-ring (bicyclic) bond motifs is 5. The standard InChI is InChI=1S/C22H22N2O3/c1-25-14-10-13(11-15(12-14)26-2)21-17-7-9-27-22(17)20-16-4-3-8-23-18(16)5-6-19(20)24-21/h3-6,8,10-12,17,21-22,24H,7,9H2,1-2H3/t17-,21?,22-/m1/s1. The molecule has 0 spiro atoms. The molecule has 0 aliphatic carbocycles. The summed E-state index contributed by atoms with van der Waals surface area (Å²) in [5, 5.41) is 4.93. The molecule has 3 aromatic rings. The SMILES string of the molecule is COc1cc(OC)cc(C2Nc3ccc4ncccc4c3[C@@H]3OCC[C@H]23)c1. The summed E-state index contributed by atoms with van der Waals surface area (Å²) in [5.41, 5.74) is 4.51. The lowest BCUT2D eigenvalue weighted by Crippen LogP contribution is -2.29. The summed E-state index contributed by atoms with van der Waals surface area (Å²) in [6, 6.07) is 14.5. The van der Waals surface area contributed by atoms with E-state index in [1.54, 1.807) is 14.2 Å². The normalized spacial score (nSPS) is 23.4. The number of aromatic nitrogens is 1. The summed E-state index contributed by atoms with van der Waals surface area (Å²) in [7, 11) is 3.37. The summed E-state index contributed by atoms with van der Waals surface area (Å²) >= 11 is 0. The minimum atomic E-state index is 0.0661. The van der Waals surface area contributed by atoms with E-state index in [1.807, 2.05) is 18.3 Å². The molecule has 0 radical (unpaired) electrons. The van der Waals surface area contributed by atoms with Crippen LogP contribution in [0.2, 0.25) is 0 Å². The largest absolute Gasteiger partial charge is 0.497 e. The molecule has 1 fully saturated rings. The molecule has 5 nitrogen and oxygen atoms in total. The van der Waals surface area contributed by atoms with Crippen molar-refractivity contribution in [3.8, 4) is 11.5 Å². The molecule has 3 atom stereocenters. The minimum Gasteiger partial charge on any atom is -0.497 e. The fraction of sp³-hybridized carbons (Fsp3) is 0.318. The third kappa shape index (κ3) is 2.61. The van der Waals surface area contributed by atoms with Crippen LogP contribution in [0.15, 0.2) is 48.7 Å². The van der Waals surface area contributed by atoms with Crippen LogP contribution in [0.25, 0.3) is 10.9 Å². The van der Waals surface area contributed by atoms with Crippen LogP contribution in [-0.2, 0) is 4.74 Å². The lowest BCUT2D eigenvalue weighted by molar-refractivity contribution is 0.0841. The Morgan fingerprint density at radius 2 is 1.89 bits per heavy atom. The summed E-state index contributed by atoms with van der Waals surface area (Å²) < 4.78 is 17.2. The molecule has 27 heavy (non-hydrogen) atoms. The maximum atomic E-state index is 6.23. The average Bonchev–Trinajstić information content (AvgIpc) is 3.22. The number of ether oxygens (including phenoxy) is 3. The number of benzene rings is 2. The smallest absolute Gasteiger partial charge is 0.122 e. The second-order valence-electron chi connectivity index (χ2n) is 7.11. The lowest BCUT2D eigenvalue weighted by Gasteiger charge is -2.37. The van der Waals surface area contributed by atoms with Crippen molar-refractivity contribution in [2.45, 2.75) is 18.6 Å². The van der Waals surface area contributed by atoms with Gasteiger partial charge in [0, 0.05) is 41.4 Å². The number of nitrogens with zero attached hydrogens (tertiary/aromatic N) is 1. The maximum Gasteiger partial charge on any atom is 0.122 e. The molecule has 5 rings (SSSR count). The van der Waals surface area contributed by atoms with Crippen LogP contribution in [0.3, 0.4) is 0 Å². The van der Waals surface area contributed by atoms with Crippen molar-refractivity contribution in [3.05, 3.63) is 59.8 Å². The fourth-order valence-corrected chi connectivity index (χ4v) is 4.47. The highest BCUT2D eigenvalue weighted by atomic mass is 16.5. The van der Waals surface area contributed by atoms with Crippen LogP contribution < -0.4 is 14.8 Å². The van der Waals surface area contributed by atoms with Gasteiger partial charge in [0.15, 0.2) is 0 Å². The second-order valence-corrected chi connectivity index (χ2v) is 7.11. The van der Waals surface area contributed by atoms with Crippen molar-refractivity contribution in [3.63, 3.8) is 0 Å². The zero-order chi connectivity index (χ0) is 18.4. The highest BCUT2D eigenvalue weighted by Crippen LogP contribution is 2.52. The third-order valence-corrected chi connectivity index (χ3v) is 5.72. The van der Waals surface area contributed by atoms with Crippen LogP contribution in [0.4, 0.5) is 5.69 Å². The molecule has 5 heteroatoms. The van der Waals surface area contributed by atoms with Gasteiger partial charge in [-0.25, -0.2) is 0 Å². The first-order chi connectivity index (χ1) is 13.3. The number of anilines is 1. The van der Waals surface area contributed by atoms with Gasteiger partial charge in [-0.05, 0) is 42.3 Å². The number of hydrogen-bond acceptors (Lipinski definition) is 5. The van der Waals surface area contributed by atoms with Gasteiger partial charge < -0.3 is 19.5 Å². The van der Waals surface area contributed by atoms with Crippen molar-refractivity contribution in [2.75, 3.05) is 26.1 Å². The van der Waals surface area contributed by atoms with Gasteiger partial charge in [0.2, 0.25) is 0 Å². The van der Waals surface area contributed by atoms with Gasteiger partial charge >= 0.3 is 0 Å². The molecule has 2 aromatic carbocycles. The Kier molecular flexibility index (Phi) is 3.90. The Bertz CT molecular complexity index is 982. The Labute approximate surface area is 158 Å². The Balaban J connectivity index is 1.64. The topological polar surface area (TPSA) is 52.6 Å². The molecule has 1 saturated heterocycles. The molecule has 0 saturated carbocycles. The van der Waals surface area contributed by atoms with Crippen LogP contribution in [0.1, 0.15) is 29.7 Å². The van der Waals surface area contributed by atoms with Gasteiger partial charge in [-0.3, -0.25) is 4.98 Å². The van der Waals surface area contributed by atoms with E-state index in [9.17, 15) is 0 Å². The zero-order valence-electron chi connectivity index (χ0n) is 15.4. The van der Waals surface area contributed by atoms with Crippen molar-refractivity contribution in [2.24, 2.45) is 5.92 Å². The van der Waals surface area contributed by atoms with Crippen LogP contribution >= 0.6 is 0 Å². The summed E-state index contributed by atoms with van der Waals surface area (Å²) in [6.07, 6.45) is 2.91. The second kappa shape index (κ2) is 6.43. The quantitative estimate of drug-likeness (QED) is 0.744. The van der Waals surface area contributed by atoms with Gasteiger partial charge in [-0.15, -0.1) is 0 Å². The van der Waals surface area contributed by atoms with Gasteiger partial charge in [0.1, 0.15) is 11.5 Å². The van der Waals surface area contributed by atoms with Gasteiger partial charge in [0.25, 0.3) is 0 Å². The van der Waals surface area contributed by atoms with Gasteiger partial charge in [-0.1, -0.05) is 6.07 Å². The van der Waals surface area contributed by atoms with E-state index < -0.39 is 0 Å². The predicted octanol–water partition coefficient (Wildman–Crippen LogP) is 4.50. The summed E-state index contributed by atoms with van der Waals surface area (Å²) in [4.78, 5) is 4.51. The first kappa shape index (κ1) is 16.4. The van der Waals surface area contributed by atoms with E-state index in [-0.39, 0.29) is 12.1 Å². The summed E-state index contributed by atoms with van der Waals surface area (Å²) in [5.74, 6) is 1.95. The molecule has 1 aromatic heterocycles. The zero-order valence-corrected chi connectivity index (χ0v) is 15.4. The molecule has 2 aliphatic rings. The molecule has 1 N–H and O–H groups in total. The first-order valence-electron chi connectivity index (χ1n) is 9.27. The number of pyridine rings is 1. The Hall–Kier alpha value is -2.79. The molecule has 1 unspecified atom stereocenters. The van der Waals surface area contributed by atoms with Gasteiger partial charge in [0.05, 0.1) is 31.9 Å². The highest BCUT2D eigenvalue weighted by Gasteiger charge is 2.42. The van der Waals surface area contributed by atoms with Crippen molar-refractivity contribution in [1.82, 2.24) is 4.98 Å². The number of nitrogens with one attached hydrogen (secondary N) is 1. The van der Waals surface area contributed by atoms with Crippen molar-refractivity contribution < 1.29 is 14.2 Å². The molecule has 0 amide bonds. The van der Waals surface area contributed by atoms with E-state index in [0.29, 0.717) is 5.92 Å². The van der Waals surface area contributed by atoms with Crippen molar-refractivity contribution in [1.29, 1.82) is 0 Å². The van der Waals surface area contributed by atoms with Crippen LogP contribution in [-0.4, -0.2) is 25.8 Å². The van der Waals surface area contributed by atoms with Crippen LogP contribution in [0, 0.1) is 5.92 Å². The molecular weight excluding hydrogens is 340 g/mol. The monoisotopic (exact) mass is 362 g/mol. The van der Waals surface area contributed by atoms with E-state index in [1.165, 1.54) is 10.9 Å². The molecule has 2 aliphatic heterocycles. The van der Waals surface area contributed by atoms with Crippen molar-refractivity contribution >= 4 is 16.6 Å². The lowest BCUT2D eigenvalue weighted by atomic mass is 9.80. The molecular formula is C22H22N2O3. The van der Waals surface area contributed by atoms with Crippen LogP contribution in [0.5, 0.6) is 11.5 Å². The Morgan fingerprint density at radius 3 is 2.67 bits per heavy atom. The number of rotatable bonds is 3. The molecule has 138 valence electrons.